The first-order chi connectivity index (χ1) is 9.49. The standard InChI is InChI=1S/C16H18F2N2/c1-11(19)14-9-13(17)7-8-16(14)20(2)10-12-5-3-4-6-15(12)18/h3-9,11H,10,19H2,1-2H3/t11-/m1/s1. The van der Waals surface area contributed by atoms with Crippen LogP contribution in [0.5, 0.6) is 0 Å². The molecule has 0 aliphatic carbocycles. The summed E-state index contributed by atoms with van der Waals surface area (Å²) in [7, 11) is 1.84. The number of hydrogen-bond acceptors (Lipinski definition) is 2. The van der Waals surface area contributed by atoms with Gasteiger partial charge in [-0.1, -0.05) is 18.2 Å². The summed E-state index contributed by atoms with van der Waals surface area (Å²) in [6.07, 6.45) is 0. The highest BCUT2D eigenvalue weighted by Gasteiger charge is 2.13. The summed E-state index contributed by atoms with van der Waals surface area (Å²) < 4.78 is 27.0. The SMILES string of the molecule is C[C@@H](N)c1cc(F)ccc1N(C)Cc1ccccc1F. The lowest BCUT2D eigenvalue weighted by molar-refractivity contribution is 0.606. The molecule has 0 radical (unpaired) electrons. The summed E-state index contributed by atoms with van der Waals surface area (Å²) in [6.45, 7) is 2.20. The third-order valence-electron chi connectivity index (χ3n) is 3.26. The molecule has 2 N–H and O–H groups in total. The van der Waals surface area contributed by atoms with Gasteiger partial charge in [0.05, 0.1) is 0 Å². The van der Waals surface area contributed by atoms with Gasteiger partial charge in [-0.25, -0.2) is 8.78 Å². The molecule has 0 fully saturated rings. The fraction of sp³-hybridized carbons (Fsp3) is 0.250. The van der Waals surface area contributed by atoms with Crippen molar-refractivity contribution in [3.8, 4) is 0 Å². The van der Waals surface area contributed by atoms with Crippen molar-refractivity contribution in [3.63, 3.8) is 0 Å². The van der Waals surface area contributed by atoms with Gasteiger partial charge in [-0.05, 0) is 36.8 Å². The Morgan fingerprint density at radius 3 is 2.50 bits per heavy atom. The van der Waals surface area contributed by atoms with E-state index in [1.54, 1.807) is 31.2 Å². The third kappa shape index (κ3) is 3.14. The molecule has 2 aromatic rings. The Hall–Kier alpha value is -1.94. The van der Waals surface area contributed by atoms with Crippen molar-refractivity contribution in [3.05, 3.63) is 65.2 Å². The van der Waals surface area contributed by atoms with Crippen LogP contribution in [0.15, 0.2) is 42.5 Å². The molecule has 0 amide bonds. The van der Waals surface area contributed by atoms with Gasteiger partial charge >= 0.3 is 0 Å². The quantitative estimate of drug-likeness (QED) is 0.924. The number of nitrogens with zero attached hydrogens (tertiary/aromatic N) is 1. The number of anilines is 1. The number of nitrogens with two attached hydrogens (primary N) is 1. The van der Waals surface area contributed by atoms with E-state index in [2.05, 4.69) is 0 Å². The maximum absolute atomic E-state index is 13.7. The van der Waals surface area contributed by atoms with E-state index in [1.165, 1.54) is 18.2 Å². The molecule has 0 saturated carbocycles. The van der Waals surface area contributed by atoms with Crippen molar-refractivity contribution in [2.24, 2.45) is 5.73 Å². The van der Waals surface area contributed by atoms with Crippen molar-refractivity contribution in [2.45, 2.75) is 19.5 Å². The number of hydrogen-bond donors (Lipinski definition) is 1. The van der Waals surface area contributed by atoms with Gasteiger partial charge in [0, 0.05) is 30.9 Å². The van der Waals surface area contributed by atoms with Crippen LogP contribution in [0.4, 0.5) is 14.5 Å². The smallest absolute Gasteiger partial charge is 0.128 e. The van der Waals surface area contributed by atoms with E-state index < -0.39 is 0 Å². The highest BCUT2D eigenvalue weighted by Crippen LogP contribution is 2.26. The van der Waals surface area contributed by atoms with Crippen molar-refractivity contribution < 1.29 is 8.78 Å². The van der Waals surface area contributed by atoms with E-state index in [9.17, 15) is 8.78 Å². The van der Waals surface area contributed by atoms with Crippen molar-refractivity contribution >= 4 is 5.69 Å². The Bertz CT molecular complexity index is 597. The monoisotopic (exact) mass is 276 g/mol. The van der Waals surface area contributed by atoms with Crippen LogP contribution in [0.2, 0.25) is 0 Å². The fourth-order valence-electron chi connectivity index (χ4n) is 2.21. The fourth-order valence-corrected chi connectivity index (χ4v) is 2.21. The minimum atomic E-state index is -0.319. The minimum absolute atomic E-state index is 0.246. The Labute approximate surface area is 117 Å². The first kappa shape index (κ1) is 14.5. The van der Waals surface area contributed by atoms with Crippen LogP contribution in [-0.2, 0) is 6.54 Å². The average Bonchev–Trinajstić information content (AvgIpc) is 2.41. The second kappa shape index (κ2) is 6.01. The molecule has 1 atom stereocenters. The van der Waals surface area contributed by atoms with Crippen LogP contribution in [0.3, 0.4) is 0 Å². The van der Waals surface area contributed by atoms with Gasteiger partial charge in [0.15, 0.2) is 0 Å². The van der Waals surface area contributed by atoms with Crippen molar-refractivity contribution in [1.29, 1.82) is 0 Å². The zero-order chi connectivity index (χ0) is 14.7. The predicted octanol–water partition coefficient (Wildman–Crippen LogP) is 3.62. The third-order valence-corrected chi connectivity index (χ3v) is 3.26. The number of halogens is 2. The van der Waals surface area contributed by atoms with E-state index in [0.29, 0.717) is 17.7 Å². The van der Waals surface area contributed by atoms with E-state index in [-0.39, 0.29) is 17.7 Å². The Balaban J connectivity index is 2.30. The molecule has 4 heteroatoms. The largest absolute Gasteiger partial charge is 0.370 e. The topological polar surface area (TPSA) is 29.3 Å². The molecule has 0 aliphatic rings. The van der Waals surface area contributed by atoms with Gasteiger partial charge < -0.3 is 10.6 Å². The van der Waals surface area contributed by atoms with Crippen LogP contribution in [-0.4, -0.2) is 7.05 Å². The average molecular weight is 276 g/mol. The molecular weight excluding hydrogens is 258 g/mol. The van der Waals surface area contributed by atoms with E-state index >= 15 is 0 Å². The molecule has 2 aromatic carbocycles. The van der Waals surface area contributed by atoms with Crippen molar-refractivity contribution in [2.75, 3.05) is 11.9 Å². The summed E-state index contributed by atoms with van der Waals surface area (Å²) in [5, 5.41) is 0. The number of rotatable bonds is 4. The van der Waals surface area contributed by atoms with Gasteiger partial charge in [0.2, 0.25) is 0 Å². The molecule has 0 unspecified atom stereocenters. The summed E-state index contributed by atoms with van der Waals surface area (Å²) in [6, 6.07) is 10.8. The Kier molecular flexibility index (Phi) is 4.35. The molecule has 0 spiro atoms. The maximum atomic E-state index is 13.7. The van der Waals surface area contributed by atoms with Gasteiger partial charge in [0.1, 0.15) is 11.6 Å². The van der Waals surface area contributed by atoms with Gasteiger partial charge in [-0.3, -0.25) is 0 Å². The van der Waals surface area contributed by atoms with E-state index in [4.69, 9.17) is 5.73 Å². The lowest BCUT2D eigenvalue weighted by Crippen LogP contribution is -2.21. The highest BCUT2D eigenvalue weighted by atomic mass is 19.1. The Morgan fingerprint density at radius 2 is 1.85 bits per heavy atom. The van der Waals surface area contributed by atoms with Crippen LogP contribution in [0.1, 0.15) is 24.1 Å². The van der Waals surface area contributed by atoms with Gasteiger partial charge in [-0.15, -0.1) is 0 Å². The first-order valence-corrected chi connectivity index (χ1v) is 6.48. The lowest BCUT2D eigenvalue weighted by Gasteiger charge is -2.24. The minimum Gasteiger partial charge on any atom is -0.370 e. The molecule has 106 valence electrons. The molecule has 0 bridgehead atoms. The molecular formula is C16H18F2N2. The van der Waals surface area contributed by atoms with Crippen LogP contribution < -0.4 is 10.6 Å². The summed E-state index contributed by atoms with van der Waals surface area (Å²) in [5.74, 6) is -0.566. The Morgan fingerprint density at radius 1 is 1.15 bits per heavy atom. The molecule has 0 aliphatic heterocycles. The maximum Gasteiger partial charge on any atom is 0.128 e. The van der Waals surface area contributed by atoms with Gasteiger partial charge in [0.25, 0.3) is 0 Å². The second-order valence-electron chi connectivity index (χ2n) is 4.94. The van der Waals surface area contributed by atoms with E-state index in [0.717, 1.165) is 5.69 Å². The van der Waals surface area contributed by atoms with Crippen molar-refractivity contribution in [1.82, 2.24) is 0 Å². The molecule has 2 nitrogen and oxygen atoms in total. The lowest BCUT2D eigenvalue weighted by atomic mass is 10.1. The summed E-state index contributed by atoms with van der Waals surface area (Å²) in [5.41, 5.74) is 7.99. The molecule has 2 rings (SSSR count). The van der Waals surface area contributed by atoms with Crippen LogP contribution in [0, 0.1) is 11.6 Å². The number of benzene rings is 2. The van der Waals surface area contributed by atoms with E-state index in [1.807, 2.05) is 11.9 Å². The molecule has 20 heavy (non-hydrogen) atoms. The normalized spacial score (nSPS) is 12.2. The summed E-state index contributed by atoms with van der Waals surface area (Å²) in [4.78, 5) is 1.87. The van der Waals surface area contributed by atoms with Crippen LogP contribution in [0.25, 0.3) is 0 Å². The summed E-state index contributed by atoms with van der Waals surface area (Å²) >= 11 is 0. The zero-order valence-corrected chi connectivity index (χ0v) is 11.6. The van der Waals surface area contributed by atoms with Crippen LogP contribution >= 0.6 is 0 Å². The molecule has 0 saturated heterocycles. The highest BCUT2D eigenvalue weighted by molar-refractivity contribution is 5.55. The zero-order valence-electron chi connectivity index (χ0n) is 11.6. The predicted molar refractivity (Wildman–Crippen MR) is 77.5 cm³/mol. The first-order valence-electron chi connectivity index (χ1n) is 6.48. The van der Waals surface area contributed by atoms with Gasteiger partial charge in [-0.2, -0.15) is 0 Å². The second-order valence-corrected chi connectivity index (χ2v) is 4.94. The molecule has 0 heterocycles. The molecule has 0 aromatic heterocycles.